The van der Waals surface area contributed by atoms with Crippen LogP contribution in [-0.2, 0) is 32.7 Å². The number of allylic oxidation sites excluding steroid dienone is 17. The second kappa shape index (κ2) is 46.2. The molecule has 0 fully saturated rings. The average Bonchev–Trinajstić information content (AvgIpc) is 3.25. The molecule has 0 aromatic rings. The van der Waals surface area contributed by atoms with Crippen LogP contribution in [0.5, 0.6) is 0 Å². The molecular weight excluding hydrogens is 786 g/mol. The number of ether oxygens (including phenoxy) is 2. The van der Waals surface area contributed by atoms with E-state index in [-0.39, 0.29) is 32.6 Å². The smallest absolute Gasteiger partial charge is 0.462 e. The summed E-state index contributed by atoms with van der Waals surface area (Å²) in [6, 6.07) is 0. The molecule has 2 atom stereocenters. The lowest BCUT2D eigenvalue weighted by Crippen LogP contribution is -2.29. The quantitative estimate of drug-likeness (QED) is 0.0266. The number of phosphoric acid groups is 1. The van der Waals surface area contributed by atoms with Gasteiger partial charge in [0.1, 0.15) is 6.61 Å². The van der Waals surface area contributed by atoms with Gasteiger partial charge in [-0.3, -0.25) is 18.6 Å². The number of rotatable bonds is 42. The van der Waals surface area contributed by atoms with Crippen molar-refractivity contribution in [2.24, 2.45) is 5.73 Å². The van der Waals surface area contributed by atoms with Crippen LogP contribution in [0.25, 0.3) is 0 Å². The Hall–Kier alpha value is -3.33. The van der Waals surface area contributed by atoms with Crippen molar-refractivity contribution in [2.45, 2.75) is 174 Å². The topological polar surface area (TPSA) is 134 Å². The molecule has 0 aliphatic rings. The van der Waals surface area contributed by atoms with Crippen LogP contribution < -0.4 is 5.73 Å². The largest absolute Gasteiger partial charge is 0.472 e. The summed E-state index contributed by atoms with van der Waals surface area (Å²) in [5.41, 5.74) is 5.35. The highest BCUT2D eigenvalue weighted by Crippen LogP contribution is 2.43. The van der Waals surface area contributed by atoms with Crippen molar-refractivity contribution in [3.63, 3.8) is 0 Å². The molecule has 0 heterocycles. The number of esters is 2. The van der Waals surface area contributed by atoms with E-state index in [9.17, 15) is 19.0 Å². The normalized spacial score (nSPS) is 14.2. The van der Waals surface area contributed by atoms with Gasteiger partial charge in [0, 0.05) is 13.0 Å². The number of phosphoric ester groups is 1. The van der Waals surface area contributed by atoms with Gasteiger partial charge < -0.3 is 20.1 Å². The lowest BCUT2D eigenvalue weighted by Gasteiger charge is -2.19. The van der Waals surface area contributed by atoms with Crippen molar-refractivity contribution in [3.05, 3.63) is 109 Å². The summed E-state index contributed by atoms with van der Waals surface area (Å²) in [7, 11) is -4.41. The second-order valence-corrected chi connectivity index (χ2v) is 16.3. The minimum absolute atomic E-state index is 0.00775. The first-order valence-corrected chi connectivity index (χ1v) is 24.9. The van der Waals surface area contributed by atoms with E-state index >= 15 is 0 Å². The van der Waals surface area contributed by atoms with Gasteiger partial charge >= 0.3 is 19.8 Å². The number of unbranched alkanes of at least 4 members (excludes halogenated alkanes) is 12. The minimum Gasteiger partial charge on any atom is -0.462 e. The molecule has 0 bridgehead atoms. The molecule has 0 aliphatic heterocycles. The number of carbonyl (C=O) groups is 2. The highest BCUT2D eigenvalue weighted by molar-refractivity contribution is 7.47. The third-order valence-corrected chi connectivity index (χ3v) is 10.2. The van der Waals surface area contributed by atoms with Crippen molar-refractivity contribution < 1.29 is 37.6 Å². The van der Waals surface area contributed by atoms with E-state index in [1.165, 1.54) is 57.8 Å². The number of carbonyl (C=O) groups excluding carboxylic acids is 2. The zero-order chi connectivity index (χ0) is 44.6. The molecule has 0 amide bonds. The van der Waals surface area contributed by atoms with Crippen LogP contribution in [0.1, 0.15) is 168 Å². The number of hydrogen-bond acceptors (Lipinski definition) is 8. The van der Waals surface area contributed by atoms with Crippen molar-refractivity contribution in [3.8, 4) is 0 Å². The average molecular weight is 870 g/mol. The Bertz CT molecular complexity index is 1360. The van der Waals surface area contributed by atoms with Gasteiger partial charge in [-0.05, 0) is 77.0 Å². The van der Waals surface area contributed by atoms with Crippen molar-refractivity contribution in [1.82, 2.24) is 0 Å². The summed E-state index contributed by atoms with van der Waals surface area (Å²) in [6.45, 7) is 3.37. The second-order valence-electron chi connectivity index (χ2n) is 14.9. The number of nitrogens with two attached hydrogens (primary N) is 1. The monoisotopic (exact) mass is 870 g/mol. The van der Waals surface area contributed by atoms with Crippen molar-refractivity contribution in [2.75, 3.05) is 26.4 Å². The third-order valence-electron chi connectivity index (χ3n) is 9.19. The van der Waals surface area contributed by atoms with Crippen LogP contribution in [0.15, 0.2) is 109 Å². The summed E-state index contributed by atoms with van der Waals surface area (Å²) in [4.78, 5) is 34.9. The van der Waals surface area contributed by atoms with Gasteiger partial charge in [-0.15, -0.1) is 0 Å². The van der Waals surface area contributed by atoms with E-state index in [0.717, 1.165) is 70.6 Å². The van der Waals surface area contributed by atoms with Crippen LogP contribution in [0.4, 0.5) is 0 Å². The molecule has 0 aliphatic carbocycles. The summed E-state index contributed by atoms with van der Waals surface area (Å²) in [5, 5.41) is 0. The van der Waals surface area contributed by atoms with Gasteiger partial charge in [-0.1, -0.05) is 187 Å². The predicted molar refractivity (Wildman–Crippen MR) is 256 cm³/mol. The van der Waals surface area contributed by atoms with Crippen molar-refractivity contribution >= 4 is 19.8 Å². The SMILES string of the molecule is CC/C=C\C/C=C\C/C=C\C/C=C\C/C=C\CC(=O)OC(COC(=O)CCCCCCCCCCCCCC/C=C\C/C=C\C/C=C\C/C=C\CC)COP(=O)(O)OCCN. The summed E-state index contributed by atoms with van der Waals surface area (Å²) < 4.78 is 32.7. The summed E-state index contributed by atoms with van der Waals surface area (Å²) in [6.07, 6.45) is 61.6. The molecule has 61 heavy (non-hydrogen) atoms. The zero-order valence-electron chi connectivity index (χ0n) is 38.1. The molecule has 0 aromatic carbocycles. The maximum absolute atomic E-state index is 12.5. The first-order valence-electron chi connectivity index (χ1n) is 23.4. The number of hydrogen-bond donors (Lipinski definition) is 2. The molecule has 0 saturated carbocycles. The summed E-state index contributed by atoms with van der Waals surface area (Å²) in [5.74, 6) is -0.987. The molecular formula is C51H84NO8P. The maximum atomic E-state index is 12.5. The Kier molecular flexibility index (Phi) is 43.7. The van der Waals surface area contributed by atoms with E-state index in [4.69, 9.17) is 24.3 Å². The lowest BCUT2D eigenvalue weighted by atomic mass is 10.0. The Morgan fingerprint density at radius 1 is 0.508 bits per heavy atom. The molecule has 0 spiro atoms. The Morgan fingerprint density at radius 3 is 1.34 bits per heavy atom. The van der Waals surface area contributed by atoms with Gasteiger partial charge in [-0.2, -0.15) is 0 Å². The lowest BCUT2D eigenvalue weighted by molar-refractivity contribution is -0.160. The van der Waals surface area contributed by atoms with E-state index < -0.39 is 32.5 Å². The molecule has 2 unspecified atom stereocenters. The Labute approximate surface area is 371 Å². The van der Waals surface area contributed by atoms with Gasteiger partial charge in [0.05, 0.1) is 19.6 Å². The highest BCUT2D eigenvalue weighted by Gasteiger charge is 2.25. The van der Waals surface area contributed by atoms with Crippen LogP contribution in [-0.4, -0.2) is 49.3 Å². The molecule has 0 radical (unpaired) electrons. The van der Waals surface area contributed by atoms with Crippen molar-refractivity contribution in [1.29, 1.82) is 0 Å². The maximum Gasteiger partial charge on any atom is 0.472 e. The van der Waals surface area contributed by atoms with Gasteiger partial charge in [0.15, 0.2) is 6.10 Å². The standard InChI is InChI=1S/C51H84NO8P/c1-3-5-7-9-11-13-15-17-19-20-21-22-23-24-25-26-27-28-30-31-33-35-37-39-41-43-50(53)57-47-49(48-59-61(55,56)58-46-45-52)60-51(54)44-42-40-38-36-34-32-29-18-16-14-12-10-8-6-4-2/h5-8,11-14,17-19,21-22,29,34,36,40,42,49H,3-4,9-10,15-16,20,23-28,30-33,35,37-39,41,43-48,52H2,1-2H3,(H,55,56)/b7-5-,8-6-,13-11-,14-12-,19-17-,22-21-,29-18-,36-34-,42-40-. The molecule has 0 saturated heterocycles. The van der Waals surface area contributed by atoms with Crippen LogP contribution in [0, 0.1) is 0 Å². The molecule has 346 valence electrons. The fraction of sp³-hybridized carbons (Fsp3) is 0.608. The molecule has 0 aromatic heterocycles. The Balaban J connectivity index is 4.15. The first kappa shape index (κ1) is 57.7. The summed E-state index contributed by atoms with van der Waals surface area (Å²) >= 11 is 0. The van der Waals surface area contributed by atoms with E-state index in [1.807, 2.05) is 12.2 Å². The highest BCUT2D eigenvalue weighted by atomic mass is 31.2. The Morgan fingerprint density at radius 2 is 0.902 bits per heavy atom. The predicted octanol–water partition coefficient (Wildman–Crippen LogP) is 13.9. The van der Waals surface area contributed by atoms with Crippen LogP contribution >= 0.6 is 7.82 Å². The van der Waals surface area contributed by atoms with E-state index in [2.05, 4.69) is 105 Å². The van der Waals surface area contributed by atoms with Gasteiger partial charge in [-0.25, -0.2) is 4.57 Å². The molecule has 3 N–H and O–H groups in total. The fourth-order valence-corrected chi connectivity index (χ4v) is 6.58. The van der Waals surface area contributed by atoms with Crippen LogP contribution in [0.2, 0.25) is 0 Å². The minimum atomic E-state index is -4.41. The molecule has 9 nitrogen and oxygen atoms in total. The van der Waals surface area contributed by atoms with Gasteiger partial charge in [0.2, 0.25) is 0 Å². The van der Waals surface area contributed by atoms with E-state index in [0.29, 0.717) is 12.8 Å². The zero-order valence-corrected chi connectivity index (χ0v) is 39.0. The molecule has 0 rings (SSSR count). The van der Waals surface area contributed by atoms with Gasteiger partial charge in [0.25, 0.3) is 0 Å². The molecule has 10 heteroatoms. The van der Waals surface area contributed by atoms with E-state index in [1.54, 1.807) is 6.08 Å². The first-order chi connectivity index (χ1) is 29.8. The fourth-order valence-electron chi connectivity index (χ4n) is 5.82. The third kappa shape index (κ3) is 46.0. The van der Waals surface area contributed by atoms with Crippen LogP contribution in [0.3, 0.4) is 0 Å².